The van der Waals surface area contributed by atoms with Crippen LogP contribution in [0.15, 0.2) is 71.6 Å². The van der Waals surface area contributed by atoms with Crippen LogP contribution in [0.4, 0.5) is 5.69 Å². The molecule has 7 nitrogen and oxygen atoms in total. The highest BCUT2D eigenvalue weighted by molar-refractivity contribution is 7.92. The van der Waals surface area contributed by atoms with Crippen LogP contribution in [0.25, 0.3) is 0 Å². The molecule has 3 aromatic rings. The normalized spacial score (nSPS) is 12.1. The molecule has 0 aliphatic rings. The highest BCUT2D eigenvalue weighted by atomic mass is 35.5. The zero-order valence-electron chi connectivity index (χ0n) is 21.9. The first-order valence-corrected chi connectivity index (χ1v) is 15.5. The molecule has 214 valence electrons. The Morgan fingerprint density at radius 2 is 1.57 bits per heavy atom. The molecule has 3 aromatic carbocycles. The van der Waals surface area contributed by atoms with E-state index in [1.54, 1.807) is 43.3 Å². The molecule has 40 heavy (non-hydrogen) atoms. The molecule has 0 aliphatic heterocycles. The topological polar surface area (TPSA) is 86.8 Å². The van der Waals surface area contributed by atoms with Crippen LogP contribution < -0.4 is 9.62 Å². The van der Waals surface area contributed by atoms with Gasteiger partial charge in [0.2, 0.25) is 11.8 Å². The molecule has 2 amide bonds. The molecule has 0 fully saturated rings. The Labute approximate surface area is 255 Å². The van der Waals surface area contributed by atoms with E-state index in [0.29, 0.717) is 28.6 Å². The summed E-state index contributed by atoms with van der Waals surface area (Å²) in [5.41, 5.74) is 0.688. The summed E-state index contributed by atoms with van der Waals surface area (Å²) in [7, 11) is -4.23. The van der Waals surface area contributed by atoms with E-state index in [-0.39, 0.29) is 39.5 Å². The third-order valence-electron chi connectivity index (χ3n) is 6.09. The van der Waals surface area contributed by atoms with Gasteiger partial charge in [0.05, 0.1) is 20.6 Å². The number of hydrogen-bond donors (Lipinski definition) is 1. The average molecular weight is 645 g/mol. The second-order valence-corrected chi connectivity index (χ2v) is 12.4. The number of benzene rings is 3. The van der Waals surface area contributed by atoms with Crippen LogP contribution >= 0.6 is 46.4 Å². The Morgan fingerprint density at radius 1 is 0.875 bits per heavy atom. The van der Waals surface area contributed by atoms with Crippen LogP contribution in [0.5, 0.6) is 0 Å². The summed E-state index contributed by atoms with van der Waals surface area (Å²) in [5, 5.41) is 3.91. The Morgan fingerprint density at radius 3 is 2.17 bits per heavy atom. The van der Waals surface area contributed by atoms with E-state index in [2.05, 4.69) is 5.32 Å². The maximum atomic E-state index is 14.0. The molecule has 0 saturated heterocycles. The van der Waals surface area contributed by atoms with Gasteiger partial charge in [0.15, 0.2) is 0 Å². The minimum absolute atomic E-state index is 0.0195. The second kappa shape index (κ2) is 14.4. The molecule has 1 N–H and O–H groups in total. The zero-order chi connectivity index (χ0) is 29.4. The standard InChI is InChI=1S/C28H29Cl4N3O4S/c1-3-14-33-28(37)26(4-2)34(17-19-10-11-20(29)15-24(19)31)27(36)18-35(21-12-13-23(30)25(32)16-21)40(38,39)22-8-6-5-7-9-22/h5-13,15-16,26H,3-4,14,17-18H2,1-2H3,(H,33,37)/t26-/m0/s1. The van der Waals surface area contributed by atoms with Crippen molar-refractivity contribution in [2.45, 2.75) is 44.2 Å². The molecule has 0 aliphatic carbocycles. The van der Waals surface area contributed by atoms with Gasteiger partial charge in [0.25, 0.3) is 10.0 Å². The summed E-state index contributed by atoms with van der Waals surface area (Å²) < 4.78 is 28.6. The van der Waals surface area contributed by atoms with Crippen molar-refractivity contribution >= 4 is 73.9 Å². The van der Waals surface area contributed by atoms with Gasteiger partial charge in [-0.1, -0.05) is 84.5 Å². The summed E-state index contributed by atoms with van der Waals surface area (Å²) in [4.78, 5) is 28.5. The van der Waals surface area contributed by atoms with Gasteiger partial charge >= 0.3 is 0 Å². The van der Waals surface area contributed by atoms with Crippen molar-refractivity contribution in [3.8, 4) is 0 Å². The van der Waals surface area contributed by atoms with E-state index in [4.69, 9.17) is 46.4 Å². The minimum Gasteiger partial charge on any atom is -0.354 e. The molecule has 0 saturated carbocycles. The fourth-order valence-corrected chi connectivity index (χ4v) is 6.20. The number of sulfonamides is 1. The van der Waals surface area contributed by atoms with Gasteiger partial charge in [-0.25, -0.2) is 8.42 Å². The predicted molar refractivity (Wildman–Crippen MR) is 162 cm³/mol. The number of hydrogen-bond acceptors (Lipinski definition) is 4. The Kier molecular flexibility index (Phi) is 11.5. The average Bonchev–Trinajstić information content (AvgIpc) is 2.93. The fraction of sp³-hybridized carbons (Fsp3) is 0.286. The van der Waals surface area contributed by atoms with E-state index in [1.807, 2.05) is 6.92 Å². The van der Waals surface area contributed by atoms with Crippen LogP contribution in [-0.2, 0) is 26.2 Å². The van der Waals surface area contributed by atoms with Crippen LogP contribution in [0, 0.1) is 0 Å². The van der Waals surface area contributed by atoms with E-state index < -0.39 is 28.5 Å². The lowest BCUT2D eigenvalue weighted by Crippen LogP contribution is -2.52. The van der Waals surface area contributed by atoms with Gasteiger partial charge in [-0.2, -0.15) is 0 Å². The minimum atomic E-state index is -4.23. The number of rotatable bonds is 12. The smallest absolute Gasteiger partial charge is 0.264 e. The Hall–Kier alpha value is -2.49. The van der Waals surface area contributed by atoms with Crippen LogP contribution in [0.1, 0.15) is 32.3 Å². The maximum absolute atomic E-state index is 14.0. The molecular formula is C28H29Cl4N3O4S. The van der Waals surface area contributed by atoms with Crippen LogP contribution in [0.3, 0.4) is 0 Å². The summed E-state index contributed by atoms with van der Waals surface area (Å²) in [6, 6.07) is 16.0. The van der Waals surface area contributed by atoms with Gasteiger partial charge in [0, 0.05) is 23.1 Å². The molecule has 3 rings (SSSR count). The van der Waals surface area contributed by atoms with E-state index >= 15 is 0 Å². The van der Waals surface area contributed by atoms with Gasteiger partial charge < -0.3 is 10.2 Å². The highest BCUT2D eigenvalue weighted by Crippen LogP contribution is 2.31. The summed E-state index contributed by atoms with van der Waals surface area (Å²) in [6.07, 6.45) is 0.990. The molecule has 0 spiro atoms. The molecule has 12 heteroatoms. The number of anilines is 1. The van der Waals surface area contributed by atoms with Crippen molar-refractivity contribution in [3.05, 3.63) is 92.4 Å². The van der Waals surface area contributed by atoms with Crippen molar-refractivity contribution in [2.75, 3.05) is 17.4 Å². The Bertz CT molecular complexity index is 1460. The first-order valence-electron chi connectivity index (χ1n) is 12.5. The van der Waals surface area contributed by atoms with Gasteiger partial charge in [-0.15, -0.1) is 0 Å². The van der Waals surface area contributed by atoms with Gasteiger partial charge in [-0.3, -0.25) is 13.9 Å². The third-order valence-corrected chi connectivity index (χ3v) is 9.21. The fourth-order valence-electron chi connectivity index (χ4n) is 4.01. The van der Waals surface area contributed by atoms with Gasteiger partial charge in [0.1, 0.15) is 12.6 Å². The van der Waals surface area contributed by atoms with Crippen molar-refractivity contribution in [3.63, 3.8) is 0 Å². The molecule has 1 atom stereocenters. The number of nitrogens with one attached hydrogen (secondary N) is 1. The van der Waals surface area contributed by atoms with E-state index in [1.165, 1.54) is 35.2 Å². The predicted octanol–water partition coefficient (Wildman–Crippen LogP) is 6.83. The molecule has 0 aromatic heterocycles. The first kappa shape index (κ1) is 32.0. The molecular weight excluding hydrogens is 616 g/mol. The Balaban J connectivity index is 2.08. The van der Waals surface area contributed by atoms with E-state index in [0.717, 1.165) is 4.31 Å². The number of carbonyl (C=O) groups is 2. The SMILES string of the molecule is CCCNC(=O)[C@H](CC)N(Cc1ccc(Cl)cc1Cl)C(=O)CN(c1ccc(Cl)c(Cl)c1)S(=O)(=O)c1ccccc1. The summed E-state index contributed by atoms with van der Waals surface area (Å²) >= 11 is 24.8. The number of halogens is 4. The zero-order valence-corrected chi connectivity index (χ0v) is 25.8. The van der Waals surface area contributed by atoms with Crippen molar-refractivity contribution in [1.29, 1.82) is 0 Å². The molecule has 0 bridgehead atoms. The molecule has 0 radical (unpaired) electrons. The van der Waals surface area contributed by atoms with Crippen molar-refractivity contribution in [1.82, 2.24) is 10.2 Å². The quantitative estimate of drug-likeness (QED) is 0.234. The van der Waals surface area contributed by atoms with Crippen molar-refractivity contribution in [2.24, 2.45) is 0 Å². The maximum Gasteiger partial charge on any atom is 0.264 e. The summed E-state index contributed by atoms with van der Waals surface area (Å²) in [6.45, 7) is 3.46. The lowest BCUT2D eigenvalue weighted by atomic mass is 10.1. The molecule has 0 unspecified atom stereocenters. The number of amides is 2. The highest BCUT2D eigenvalue weighted by Gasteiger charge is 2.34. The second-order valence-electron chi connectivity index (χ2n) is 8.90. The monoisotopic (exact) mass is 643 g/mol. The van der Waals surface area contributed by atoms with Crippen LogP contribution in [-0.4, -0.2) is 44.3 Å². The van der Waals surface area contributed by atoms with Gasteiger partial charge in [-0.05, 0) is 60.9 Å². The van der Waals surface area contributed by atoms with Crippen LogP contribution in [0.2, 0.25) is 20.1 Å². The summed E-state index contributed by atoms with van der Waals surface area (Å²) in [5.74, 6) is -0.968. The largest absolute Gasteiger partial charge is 0.354 e. The third kappa shape index (κ3) is 7.83. The first-order chi connectivity index (χ1) is 19.0. The lowest BCUT2D eigenvalue weighted by Gasteiger charge is -2.33. The number of carbonyl (C=O) groups excluding carboxylic acids is 2. The number of nitrogens with zero attached hydrogens (tertiary/aromatic N) is 2. The van der Waals surface area contributed by atoms with Crippen molar-refractivity contribution < 1.29 is 18.0 Å². The molecule has 0 heterocycles. The lowest BCUT2D eigenvalue weighted by molar-refractivity contribution is -0.140. The van der Waals surface area contributed by atoms with E-state index in [9.17, 15) is 18.0 Å².